The van der Waals surface area contributed by atoms with Crippen molar-refractivity contribution in [3.63, 3.8) is 0 Å². The molecule has 1 aromatic heterocycles. The Morgan fingerprint density at radius 1 is 1.41 bits per heavy atom. The van der Waals surface area contributed by atoms with Gasteiger partial charge in [-0.1, -0.05) is 50.9 Å². The third kappa shape index (κ3) is 4.36. The lowest BCUT2D eigenvalue weighted by molar-refractivity contribution is 0.0856. The van der Waals surface area contributed by atoms with Crippen molar-refractivity contribution >= 4 is 17.5 Å². The summed E-state index contributed by atoms with van der Waals surface area (Å²) < 4.78 is 7.48. The predicted octanol–water partition coefficient (Wildman–Crippen LogP) is 4.51. The van der Waals surface area contributed by atoms with Crippen LogP contribution >= 0.6 is 11.6 Å². The molecule has 1 atom stereocenters. The van der Waals surface area contributed by atoms with Crippen LogP contribution in [0.2, 0.25) is 5.02 Å². The minimum Gasteiger partial charge on any atom is -0.376 e. The average Bonchev–Trinajstić information content (AvgIpc) is 3.28. The predicted molar refractivity (Wildman–Crippen MR) is 108 cm³/mol. The Hall–Kier alpha value is -1.85. The van der Waals surface area contributed by atoms with Crippen molar-refractivity contribution in [1.29, 1.82) is 0 Å². The molecule has 1 fully saturated rings. The summed E-state index contributed by atoms with van der Waals surface area (Å²) in [5, 5.41) is 8.48. The largest absolute Gasteiger partial charge is 0.376 e. The molecule has 0 spiro atoms. The van der Waals surface area contributed by atoms with E-state index in [1.807, 2.05) is 28.9 Å². The average molecular weight is 390 g/mol. The summed E-state index contributed by atoms with van der Waals surface area (Å²) in [6.07, 6.45) is 3.84. The molecular formula is C21H28ClN3O2. The monoisotopic (exact) mass is 389 g/mol. The van der Waals surface area contributed by atoms with Crippen LogP contribution in [0, 0.1) is 0 Å². The number of hydrogen-bond donors (Lipinski definition) is 1. The highest BCUT2D eigenvalue weighted by atomic mass is 35.5. The van der Waals surface area contributed by atoms with Gasteiger partial charge in [0, 0.05) is 13.2 Å². The molecule has 0 bridgehead atoms. The van der Waals surface area contributed by atoms with Gasteiger partial charge in [-0.05, 0) is 37.3 Å². The summed E-state index contributed by atoms with van der Waals surface area (Å²) in [5.74, 6) is 0.0545. The molecule has 3 rings (SSSR count). The van der Waals surface area contributed by atoms with Gasteiger partial charge in [-0.2, -0.15) is 5.10 Å². The van der Waals surface area contributed by atoms with Gasteiger partial charge in [0.15, 0.2) is 0 Å². The summed E-state index contributed by atoms with van der Waals surface area (Å²) in [7, 11) is 0. The molecule has 1 aliphatic rings. The molecule has 6 heteroatoms. The Morgan fingerprint density at radius 3 is 2.81 bits per heavy atom. The Morgan fingerprint density at radius 2 is 2.19 bits per heavy atom. The van der Waals surface area contributed by atoms with Crippen molar-refractivity contribution in [1.82, 2.24) is 15.1 Å². The van der Waals surface area contributed by atoms with Crippen molar-refractivity contribution in [3.05, 3.63) is 46.2 Å². The van der Waals surface area contributed by atoms with Gasteiger partial charge in [0.2, 0.25) is 0 Å². The quantitative estimate of drug-likeness (QED) is 0.757. The molecule has 146 valence electrons. The number of nitrogens with one attached hydrogen (secondary N) is 1. The Labute approximate surface area is 166 Å². The van der Waals surface area contributed by atoms with Crippen molar-refractivity contribution in [2.24, 2.45) is 0 Å². The fourth-order valence-corrected chi connectivity index (χ4v) is 3.79. The first kappa shape index (κ1) is 19.9. The second kappa shape index (κ2) is 8.89. The molecule has 1 aromatic carbocycles. The highest BCUT2D eigenvalue weighted by Crippen LogP contribution is 2.30. The topological polar surface area (TPSA) is 56.2 Å². The van der Waals surface area contributed by atoms with Gasteiger partial charge in [-0.25, -0.2) is 4.68 Å². The van der Waals surface area contributed by atoms with E-state index < -0.39 is 0 Å². The number of nitrogens with zero attached hydrogens (tertiary/aromatic N) is 2. The number of hydrogen-bond acceptors (Lipinski definition) is 3. The van der Waals surface area contributed by atoms with E-state index in [1.54, 1.807) is 0 Å². The maximum Gasteiger partial charge on any atom is 0.255 e. The van der Waals surface area contributed by atoms with Gasteiger partial charge in [0.05, 0.1) is 33.8 Å². The van der Waals surface area contributed by atoms with Crippen LogP contribution in [-0.2, 0) is 11.2 Å². The Bertz CT molecular complexity index is 795. The highest BCUT2D eigenvalue weighted by Gasteiger charge is 2.27. The fourth-order valence-electron chi connectivity index (χ4n) is 3.58. The van der Waals surface area contributed by atoms with Crippen LogP contribution in [0.5, 0.6) is 0 Å². The first-order chi connectivity index (χ1) is 13.0. The highest BCUT2D eigenvalue weighted by molar-refractivity contribution is 6.32. The first-order valence-electron chi connectivity index (χ1n) is 9.79. The minimum atomic E-state index is -0.0732. The zero-order valence-corrected chi connectivity index (χ0v) is 17.1. The van der Waals surface area contributed by atoms with Crippen molar-refractivity contribution in [2.75, 3.05) is 13.2 Å². The third-order valence-corrected chi connectivity index (χ3v) is 5.17. The van der Waals surface area contributed by atoms with E-state index in [0.717, 1.165) is 49.4 Å². The summed E-state index contributed by atoms with van der Waals surface area (Å²) in [6.45, 7) is 7.58. The van der Waals surface area contributed by atoms with Crippen LogP contribution in [0.4, 0.5) is 0 Å². The van der Waals surface area contributed by atoms with Gasteiger partial charge in [0.1, 0.15) is 0 Å². The van der Waals surface area contributed by atoms with E-state index in [2.05, 4.69) is 26.1 Å². The second-order valence-corrected chi connectivity index (χ2v) is 7.73. The molecule has 0 radical (unpaired) electrons. The SMILES string of the molecule is CCCc1nn(-c2ccccc2Cl)c(C(C)C)c1C(=O)NC[C@H]1CCCO1. The molecule has 2 aromatic rings. The molecule has 5 nitrogen and oxygen atoms in total. The zero-order valence-electron chi connectivity index (χ0n) is 16.3. The van der Waals surface area contributed by atoms with Crippen molar-refractivity contribution in [2.45, 2.75) is 58.5 Å². The molecule has 0 saturated carbocycles. The van der Waals surface area contributed by atoms with Crippen LogP contribution in [-0.4, -0.2) is 34.9 Å². The lowest BCUT2D eigenvalue weighted by Crippen LogP contribution is -2.32. The van der Waals surface area contributed by atoms with E-state index in [9.17, 15) is 4.79 Å². The van der Waals surface area contributed by atoms with Crippen LogP contribution in [0.25, 0.3) is 5.69 Å². The number of halogens is 1. The lowest BCUT2D eigenvalue weighted by atomic mass is 10.0. The zero-order chi connectivity index (χ0) is 19.4. The Balaban J connectivity index is 1.99. The van der Waals surface area contributed by atoms with Gasteiger partial charge in [-0.3, -0.25) is 4.79 Å². The summed E-state index contributed by atoms with van der Waals surface area (Å²) in [4.78, 5) is 13.1. The van der Waals surface area contributed by atoms with Crippen LogP contribution < -0.4 is 5.32 Å². The van der Waals surface area contributed by atoms with Crippen LogP contribution in [0.1, 0.15) is 67.7 Å². The molecule has 1 aliphatic heterocycles. The molecular weight excluding hydrogens is 362 g/mol. The van der Waals surface area contributed by atoms with E-state index in [4.69, 9.17) is 21.4 Å². The van der Waals surface area contributed by atoms with E-state index in [-0.39, 0.29) is 17.9 Å². The number of aryl methyl sites for hydroxylation is 1. The number of rotatable bonds is 7. The number of ether oxygens (including phenoxy) is 1. The molecule has 0 aliphatic carbocycles. The summed E-state index contributed by atoms with van der Waals surface area (Å²) >= 11 is 6.42. The van der Waals surface area contributed by atoms with Crippen molar-refractivity contribution < 1.29 is 9.53 Å². The fraction of sp³-hybridized carbons (Fsp3) is 0.524. The maximum absolute atomic E-state index is 13.1. The number of benzene rings is 1. The smallest absolute Gasteiger partial charge is 0.255 e. The lowest BCUT2D eigenvalue weighted by Gasteiger charge is -2.15. The maximum atomic E-state index is 13.1. The molecule has 27 heavy (non-hydrogen) atoms. The van der Waals surface area contributed by atoms with Gasteiger partial charge in [-0.15, -0.1) is 0 Å². The summed E-state index contributed by atoms with van der Waals surface area (Å²) in [5.41, 5.74) is 3.21. The van der Waals surface area contributed by atoms with Crippen LogP contribution in [0.15, 0.2) is 24.3 Å². The van der Waals surface area contributed by atoms with Gasteiger partial charge in [0.25, 0.3) is 5.91 Å². The third-order valence-electron chi connectivity index (χ3n) is 4.85. The molecule has 1 saturated heterocycles. The molecule has 1 N–H and O–H groups in total. The molecule has 0 unspecified atom stereocenters. The van der Waals surface area contributed by atoms with Gasteiger partial charge < -0.3 is 10.1 Å². The second-order valence-electron chi connectivity index (χ2n) is 7.32. The summed E-state index contributed by atoms with van der Waals surface area (Å²) in [6, 6.07) is 7.61. The number of amides is 1. The van der Waals surface area contributed by atoms with Gasteiger partial charge >= 0.3 is 0 Å². The minimum absolute atomic E-state index is 0.0732. The normalized spacial score (nSPS) is 16.9. The van der Waals surface area contributed by atoms with E-state index in [1.165, 1.54) is 0 Å². The first-order valence-corrected chi connectivity index (χ1v) is 10.2. The molecule has 2 heterocycles. The number of carbonyl (C=O) groups excluding carboxylic acids is 1. The van der Waals surface area contributed by atoms with E-state index in [0.29, 0.717) is 17.1 Å². The molecule has 1 amide bonds. The number of para-hydroxylation sites is 1. The van der Waals surface area contributed by atoms with Crippen molar-refractivity contribution in [3.8, 4) is 5.69 Å². The standard InChI is InChI=1S/C21H28ClN3O2/c1-4-8-17-19(21(26)23-13-15-9-7-12-27-15)20(14(2)3)25(24-17)18-11-6-5-10-16(18)22/h5-6,10-11,14-15H,4,7-9,12-13H2,1-3H3,(H,23,26)/t15-/m1/s1. The number of aromatic nitrogens is 2. The Kier molecular flexibility index (Phi) is 6.55. The van der Waals surface area contributed by atoms with Crippen LogP contribution in [0.3, 0.4) is 0 Å². The van der Waals surface area contributed by atoms with E-state index >= 15 is 0 Å². The number of carbonyl (C=O) groups is 1.